The second-order valence-electron chi connectivity index (χ2n) is 11.0. The average Bonchev–Trinajstić information content (AvgIpc) is 3.55. The van der Waals surface area contributed by atoms with Gasteiger partial charge in [0.15, 0.2) is 0 Å². The quantitative estimate of drug-likeness (QED) is 0.0871. The third kappa shape index (κ3) is 7.05. The van der Waals surface area contributed by atoms with Crippen LogP contribution in [0.15, 0.2) is 48.5 Å². The molecular weight excluding hydrogens is 613 g/mol. The smallest absolute Gasteiger partial charge is 0.355 e. The molecule has 0 aliphatic carbocycles. The molecule has 0 bridgehead atoms. The van der Waals surface area contributed by atoms with Crippen LogP contribution < -0.4 is 4.74 Å². The number of H-pyrrole nitrogens is 1. The van der Waals surface area contributed by atoms with Crippen LogP contribution in [0.25, 0.3) is 32.8 Å². The van der Waals surface area contributed by atoms with Gasteiger partial charge in [0.05, 0.1) is 48.8 Å². The zero-order valence-corrected chi connectivity index (χ0v) is 27.0. The summed E-state index contributed by atoms with van der Waals surface area (Å²) in [6, 6.07) is 13.9. The number of aryl methyl sites for hydroxylation is 2. The largest absolute Gasteiger partial charge is 0.493 e. The van der Waals surface area contributed by atoms with Gasteiger partial charge in [0.25, 0.3) is 0 Å². The fourth-order valence-corrected chi connectivity index (χ4v) is 6.15. The van der Waals surface area contributed by atoms with Crippen molar-refractivity contribution in [3.63, 3.8) is 0 Å². The van der Waals surface area contributed by atoms with E-state index in [1.807, 2.05) is 44.3 Å². The number of hydrogen-bond donors (Lipinski definition) is 3. The molecule has 0 saturated heterocycles. The van der Waals surface area contributed by atoms with E-state index < -0.39 is 12.1 Å². The Bertz CT molecular complexity index is 1830. The standard InChI is InChI=1S/C35H39ClFN3O6/c1-4-29-32(28(39-40(29)3)20-44-19-23(42)15-16-41)31-27(36)14-13-26-25(34(38-33(26)31)35(43)45-5-2)9-7-17-46-30-10-6-8-21-18-22(37)11-12-24(21)30/h6,8,10-14,18,23,38,41-42H,4-5,7,9,15-17,19-20H2,1-3H3. The van der Waals surface area contributed by atoms with E-state index in [2.05, 4.69) is 4.98 Å². The van der Waals surface area contributed by atoms with Crippen molar-refractivity contribution in [3.8, 4) is 16.9 Å². The first-order chi connectivity index (χ1) is 22.3. The van der Waals surface area contributed by atoms with Crippen LogP contribution in [-0.2, 0) is 36.0 Å². The Morgan fingerprint density at radius 2 is 1.93 bits per heavy atom. The number of aliphatic hydroxyl groups is 2. The molecule has 1 atom stereocenters. The van der Waals surface area contributed by atoms with Gasteiger partial charge < -0.3 is 29.4 Å². The zero-order valence-electron chi connectivity index (χ0n) is 26.2. The molecule has 11 heteroatoms. The van der Waals surface area contributed by atoms with Crippen LogP contribution in [0.5, 0.6) is 5.75 Å². The monoisotopic (exact) mass is 651 g/mol. The highest BCUT2D eigenvalue weighted by Crippen LogP contribution is 2.41. The van der Waals surface area contributed by atoms with Crippen molar-refractivity contribution < 1.29 is 33.6 Å². The summed E-state index contributed by atoms with van der Waals surface area (Å²) >= 11 is 6.90. The first-order valence-corrected chi connectivity index (χ1v) is 15.9. The maximum Gasteiger partial charge on any atom is 0.355 e. The van der Waals surface area contributed by atoms with Gasteiger partial charge >= 0.3 is 5.97 Å². The molecule has 0 spiro atoms. The molecule has 9 nitrogen and oxygen atoms in total. The predicted molar refractivity (Wildman–Crippen MR) is 176 cm³/mol. The molecule has 0 fully saturated rings. The Kier molecular flexibility index (Phi) is 11.0. The summed E-state index contributed by atoms with van der Waals surface area (Å²) in [5.41, 5.74) is 4.91. The van der Waals surface area contributed by atoms with Crippen LogP contribution in [0.3, 0.4) is 0 Å². The van der Waals surface area contributed by atoms with Crippen molar-refractivity contribution in [1.82, 2.24) is 14.8 Å². The van der Waals surface area contributed by atoms with Crippen molar-refractivity contribution in [3.05, 3.63) is 82.0 Å². The Morgan fingerprint density at radius 3 is 2.70 bits per heavy atom. The van der Waals surface area contributed by atoms with Crippen LogP contribution in [0.1, 0.15) is 54.1 Å². The number of carbonyl (C=O) groups excluding carboxylic acids is 1. The molecule has 46 heavy (non-hydrogen) atoms. The van der Waals surface area contributed by atoms with Gasteiger partial charge in [-0.3, -0.25) is 4.68 Å². The topological polar surface area (TPSA) is 119 Å². The van der Waals surface area contributed by atoms with E-state index in [1.54, 1.807) is 17.7 Å². The van der Waals surface area contributed by atoms with Gasteiger partial charge in [-0.05, 0) is 73.9 Å². The van der Waals surface area contributed by atoms with Crippen LogP contribution in [0.4, 0.5) is 4.39 Å². The molecule has 3 N–H and O–H groups in total. The number of aliphatic hydroxyl groups excluding tert-OH is 2. The van der Waals surface area contributed by atoms with Crippen molar-refractivity contribution in [2.45, 2.75) is 52.2 Å². The van der Waals surface area contributed by atoms with Gasteiger partial charge in [0.1, 0.15) is 17.3 Å². The molecule has 0 amide bonds. The third-order valence-corrected chi connectivity index (χ3v) is 8.29. The fourth-order valence-electron chi connectivity index (χ4n) is 5.90. The lowest BCUT2D eigenvalue weighted by atomic mass is 9.97. The molecule has 0 radical (unpaired) electrons. The van der Waals surface area contributed by atoms with E-state index in [0.717, 1.165) is 33.0 Å². The number of fused-ring (bicyclic) bond motifs is 2. The maximum absolute atomic E-state index is 13.7. The number of rotatable bonds is 15. The van der Waals surface area contributed by atoms with Gasteiger partial charge in [-0.1, -0.05) is 36.7 Å². The van der Waals surface area contributed by atoms with E-state index in [4.69, 9.17) is 36.0 Å². The number of benzene rings is 3. The molecule has 0 aliphatic rings. The van der Waals surface area contributed by atoms with Crippen LogP contribution >= 0.6 is 11.6 Å². The van der Waals surface area contributed by atoms with Crippen molar-refractivity contribution in [2.24, 2.45) is 7.05 Å². The number of nitrogens with one attached hydrogen (secondary N) is 1. The fraction of sp³-hybridized carbons (Fsp3) is 0.371. The molecule has 5 rings (SSSR count). The highest BCUT2D eigenvalue weighted by Gasteiger charge is 2.26. The lowest BCUT2D eigenvalue weighted by molar-refractivity contribution is 0.0158. The van der Waals surface area contributed by atoms with Crippen molar-refractivity contribution >= 4 is 39.2 Å². The van der Waals surface area contributed by atoms with Gasteiger partial charge in [0, 0.05) is 41.2 Å². The maximum atomic E-state index is 13.7. The number of hydrogen-bond acceptors (Lipinski definition) is 7. The first-order valence-electron chi connectivity index (χ1n) is 15.5. The zero-order chi connectivity index (χ0) is 32.8. The number of halogens is 2. The number of esters is 1. The Hall–Kier alpha value is -3.96. The molecule has 3 aromatic carbocycles. The predicted octanol–water partition coefficient (Wildman–Crippen LogP) is 6.52. The highest BCUT2D eigenvalue weighted by atomic mass is 35.5. The van der Waals surface area contributed by atoms with E-state index >= 15 is 0 Å². The van der Waals surface area contributed by atoms with Crippen LogP contribution in [0, 0.1) is 5.82 Å². The molecule has 2 aromatic heterocycles. The lowest BCUT2D eigenvalue weighted by Crippen LogP contribution is -2.16. The molecule has 0 saturated carbocycles. The summed E-state index contributed by atoms with van der Waals surface area (Å²) in [6.45, 7) is 4.42. The van der Waals surface area contributed by atoms with E-state index in [-0.39, 0.29) is 38.7 Å². The van der Waals surface area contributed by atoms with E-state index in [0.29, 0.717) is 59.1 Å². The van der Waals surface area contributed by atoms with E-state index in [1.165, 1.54) is 12.1 Å². The highest BCUT2D eigenvalue weighted by molar-refractivity contribution is 6.35. The number of carbonyl (C=O) groups is 1. The normalized spacial score (nSPS) is 12.2. The molecular formula is C35H39ClFN3O6. The summed E-state index contributed by atoms with van der Waals surface area (Å²) in [6.07, 6.45) is 1.20. The first kappa shape index (κ1) is 33.4. The average molecular weight is 652 g/mol. The number of nitrogens with zero attached hydrogens (tertiary/aromatic N) is 2. The van der Waals surface area contributed by atoms with Gasteiger partial charge in [-0.25, -0.2) is 9.18 Å². The summed E-state index contributed by atoms with van der Waals surface area (Å²) in [5, 5.41) is 26.8. The minimum Gasteiger partial charge on any atom is -0.493 e. The summed E-state index contributed by atoms with van der Waals surface area (Å²) in [5.74, 6) is -0.0988. The second kappa shape index (κ2) is 15.1. The van der Waals surface area contributed by atoms with Crippen LogP contribution in [0.2, 0.25) is 5.02 Å². The second-order valence-corrected chi connectivity index (χ2v) is 11.5. The van der Waals surface area contributed by atoms with Gasteiger partial charge in [-0.2, -0.15) is 5.10 Å². The minimum atomic E-state index is -0.791. The van der Waals surface area contributed by atoms with E-state index in [9.17, 15) is 14.3 Å². The van der Waals surface area contributed by atoms with Crippen LogP contribution in [-0.4, -0.2) is 63.5 Å². The van der Waals surface area contributed by atoms with Gasteiger partial charge in [-0.15, -0.1) is 0 Å². The number of ether oxygens (including phenoxy) is 3. The molecule has 1 unspecified atom stereocenters. The van der Waals surface area contributed by atoms with Crippen molar-refractivity contribution in [1.29, 1.82) is 0 Å². The SMILES string of the molecule is CCOC(=O)c1[nH]c2c(-c3c(COCC(O)CCO)nn(C)c3CC)c(Cl)ccc2c1CCCOc1cccc2cc(F)ccc12. The third-order valence-electron chi connectivity index (χ3n) is 7.98. The summed E-state index contributed by atoms with van der Waals surface area (Å²) < 4.78 is 32.9. The Labute approximate surface area is 271 Å². The van der Waals surface area contributed by atoms with Crippen molar-refractivity contribution in [2.75, 3.05) is 26.4 Å². The molecule has 244 valence electrons. The number of aromatic nitrogens is 3. The molecule has 2 heterocycles. The lowest BCUT2D eigenvalue weighted by Gasteiger charge is -2.12. The number of aromatic amines is 1. The van der Waals surface area contributed by atoms with Gasteiger partial charge in [0.2, 0.25) is 0 Å². The summed E-state index contributed by atoms with van der Waals surface area (Å²) in [4.78, 5) is 16.6. The molecule has 0 aliphatic heterocycles. The summed E-state index contributed by atoms with van der Waals surface area (Å²) in [7, 11) is 1.86. The Morgan fingerprint density at radius 1 is 1.13 bits per heavy atom. The Balaban J connectivity index is 1.48. The molecule has 5 aromatic rings. The minimum absolute atomic E-state index is 0.0490.